The van der Waals surface area contributed by atoms with Gasteiger partial charge in [-0.15, -0.1) is 0 Å². The minimum Gasteiger partial charge on any atom is -0.449 e. The molecule has 1 saturated heterocycles. The summed E-state index contributed by atoms with van der Waals surface area (Å²) in [4.78, 5) is 23.9. The first-order valence-electron chi connectivity index (χ1n) is 4.49. The molecule has 0 radical (unpaired) electrons. The molecule has 13 heavy (non-hydrogen) atoms. The topological polar surface area (TPSA) is 46.6 Å². The van der Waals surface area contributed by atoms with Gasteiger partial charge in [-0.05, 0) is 27.2 Å². The van der Waals surface area contributed by atoms with Crippen molar-refractivity contribution in [1.82, 2.24) is 4.90 Å². The van der Waals surface area contributed by atoms with E-state index in [1.807, 2.05) is 13.8 Å². The van der Waals surface area contributed by atoms with Crippen LogP contribution in [0.2, 0.25) is 0 Å². The second-order valence-electron chi connectivity index (χ2n) is 3.74. The van der Waals surface area contributed by atoms with Crippen LogP contribution < -0.4 is 0 Å². The van der Waals surface area contributed by atoms with E-state index >= 15 is 0 Å². The highest BCUT2D eigenvalue weighted by atomic mass is 16.6. The molecule has 0 unspecified atom stereocenters. The van der Waals surface area contributed by atoms with E-state index in [-0.39, 0.29) is 11.4 Å². The van der Waals surface area contributed by atoms with E-state index in [0.717, 1.165) is 0 Å². The molecule has 0 saturated carbocycles. The predicted molar refractivity (Wildman–Crippen MR) is 47.2 cm³/mol. The van der Waals surface area contributed by atoms with Gasteiger partial charge in [-0.2, -0.15) is 0 Å². The molecule has 0 aliphatic carbocycles. The van der Waals surface area contributed by atoms with Crippen LogP contribution in [0.15, 0.2) is 0 Å². The van der Waals surface area contributed by atoms with E-state index in [0.29, 0.717) is 19.4 Å². The first-order valence-corrected chi connectivity index (χ1v) is 4.49. The second-order valence-corrected chi connectivity index (χ2v) is 3.74. The van der Waals surface area contributed by atoms with E-state index in [4.69, 9.17) is 4.74 Å². The Labute approximate surface area is 77.8 Å². The van der Waals surface area contributed by atoms with Gasteiger partial charge in [0.2, 0.25) is 5.91 Å². The Balaban J connectivity index is 2.76. The van der Waals surface area contributed by atoms with Gasteiger partial charge in [-0.25, -0.2) is 9.69 Å². The van der Waals surface area contributed by atoms with Gasteiger partial charge in [-0.3, -0.25) is 4.79 Å². The molecule has 1 heterocycles. The third-order valence-corrected chi connectivity index (χ3v) is 2.26. The molecular weight excluding hydrogens is 170 g/mol. The van der Waals surface area contributed by atoms with Gasteiger partial charge >= 0.3 is 6.09 Å². The number of hydrogen-bond donors (Lipinski definition) is 0. The third-order valence-electron chi connectivity index (χ3n) is 2.26. The summed E-state index contributed by atoms with van der Waals surface area (Å²) in [6, 6.07) is 0. The summed E-state index contributed by atoms with van der Waals surface area (Å²) in [5.74, 6) is -0.136. The SMILES string of the molecule is CCOC(=O)N1C(=O)CCC1(C)C. The van der Waals surface area contributed by atoms with Crippen LogP contribution in [-0.2, 0) is 9.53 Å². The molecule has 1 aliphatic rings. The molecule has 4 heteroatoms. The van der Waals surface area contributed by atoms with Crippen molar-refractivity contribution in [1.29, 1.82) is 0 Å². The van der Waals surface area contributed by atoms with Gasteiger partial charge in [-0.1, -0.05) is 0 Å². The smallest absolute Gasteiger partial charge is 0.417 e. The van der Waals surface area contributed by atoms with Crippen molar-refractivity contribution in [2.75, 3.05) is 6.61 Å². The van der Waals surface area contributed by atoms with Crippen molar-refractivity contribution in [3.63, 3.8) is 0 Å². The van der Waals surface area contributed by atoms with E-state index in [1.165, 1.54) is 4.90 Å². The summed E-state index contributed by atoms with van der Waals surface area (Å²) in [5.41, 5.74) is -0.386. The average Bonchev–Trinajstić information content (AvgIpc) is 2.26. The number of carbonyl (C=O) groups is 2. The molecule has 1 aliphatic heterocycles. The zero-order valence-corrected chi connectivity index (χ0v) is 8.29. The van der Waals surface area contributed by atoms with Gasteiger partial charge < -0.3 is 4.74 Å². The molecule has 0 aromatic heterocycles. The second kappa shape index (κ2) is 3.36. The summed E-state index contributed by atoms with van der Waals surface area (Å²) >= 11 is 0. The van der Waals surface area contributed by atoms with Crippen LogP contribution in [0, 0.1) is 0 Å². The first kappa shape index (κ1) is 10.0. The zero-order chi connectivity index (χ0) is 10.1. The highest BCUT2D eigenvalue weighted by Gasteiger charge is 2.42. The van der Waals surface area contributed by atoms with Gasteiger partial charge in [0.05, 0.1) is 6.61 Å². The lowest BCUT2D eigenvalue weighted by molar-refractivity contribution is -0.128. The molecule has 1 rings (SSSR count). The lowest BCUT2D eigenvalue weighted by Crippen LogP contribution is -2.45. The number of rotatable bonds is 1. The monoisotopic (exact) mass is 185 g/mol. The maximum absolute atomic E-state index is 11.4. The molecule has 4 nitrogen and oxygen atoms in total. The number of hydrogen-bond acceptors (Lipinski definition) is 3. The Morgan fingerprint density at radius 3 is 2.62 bits per heavy atom. The summed E-state index contributed by atoms with van der Waals surface area (Å²) in [6.07, 6.45) is 0.631. The van der Waals surface area contributed by atoms with Crippen LogP contribution in [-0.4, -0.2) is 29.0 Å². The first-order chi connectivity index (χ1) is 5.99. The van der Waals surface area contributed by atoms with Gasteiger partial charge in [0.25, 0.3) is 0 Å². The Hall–Kier alpha value is -1.06. The van der Waals surface area contributed by atoms with Gasteiger partial charge in [0.1, 0.15) is 0 Å². The lowest BCUT2D eigenvalue weighted by atomic mass is 10.0. The van der Waals surface area contributed by atoms with Crippen molar-refractivity contribution in [3.8, 4) is 0 Å². The van der Waals surface area contributed by atoms with Crippen molar-refractivity contribution in [2.45, 2.75) is 39.2 Å². The maximum Gasteiger partial charge on any atom is 0.417 e. The largest absolute Gasteiger partial charge is 0.449 e. The van der Waals surface area contributed by atoms with Crippen LogP contribution in [0.3, 0.4) is 0 Å². The Morgan fingerprint density at radius 1 is 1.62 bits per heavy atom. The van der Waals surface area contributed by atoms with Gasteiger partial charge in [0, 0.05) is 12.0 Å². The van der Waals surface area contributed by atoms with Crippen molar-refractivity contribution in [2.24, 2.45) is 0 Å². The highest BCUT2D eigenvalue weighted by Crippen LogP contribution is 2.29. The summed E-state index contributed by atoms with van der Waals surface area (Å²) in [5, 5.41) is 0. The van der Waals surface area contributed by atoms with E-state index in [2.05, 4.69) is 0 Å². The van der Waals surface area contributed by atoms with Crippen LogP contribution >= 0.6 is 0 Å². The highest BCUT2D eigenvalue weighted by molar-refractivity contribution is 5.94. The zero-order valence-electron chi connectivity index (χ0n) is 8.29. The molecule has 0 aromatic rings. The Bertz CT molecular complexity index is 235. The quantitative estimate of drug-likeness (QED) is 0.622. The lowest BCUT2D eigenvalue weighted by Gasteiger charge is -2.28. The molecule has 1 fully saturated rings. The number of carbonyl (C=O) groups excluding carboxylic acids is 2. The van der Waals surface area contributed by atoms with Crippen LogP contribution in [0.1, 0.15) is 33.6 Å². The Kier molecular flexibility index (Phi) is 2.59. The average molecular weight is 185 g/mol. The fourth-order valence-corrected chi connectivity index (χ4v) is 1.51. The fraction of sp³-hybridized carbons (Fsp3) is 0.778. The molecule has 0 atom stereocenters. The minimum absolute atomic E-state index is 0.136. The van der Waals surface area contributed by atoms with Crippen LogP contribution in [0.5, 0.6) is 0 Å². The van der Waals surface area contributed by atoms with E-state index < -0.39 is 6.09 Å². The maximum atomic E-state index is 11.4. The fourth-order valence-electron chi connectivity index (χ4n) is 1.51. The predicted octanol–water partition coefficient (Wildman–Crippen LogP) is 1.54. The normalized spacial score (nSPS) is 20.5. The molecule has 0 bridgehead atoms. The Morgan fingerprint density at radius 2 is 2.23 bits per heavy atom. The van der Waals surface area contributed by atoms with Crippen molar-refractivity contribution in [3.05, 3.63) is 0 Å². The number of ether oxygens (including phenoxy) is 1. The standard InChI is InChI=1S/C9H15NO3/c1-4-13-8(12)10-7(11)5-6-9(10,2)3/h4-6H2,1-3H3. The number of likely N-dealkylation sites (tertiary alicyclic amines) is 1. The van der Waals surface area contributed by atoms with Gasteiger partial charge in [0.15, 0.2) is 0 Å². The molecule has 0 aromatic carbocycles. The number of imide groups is 1. The van der Waals surface area contributed by atoms with E-state index in [1.54, 1.807) is 6.92 Å². The summed E-state index contributed by atoms with van der Waals surface area (Å²) < 4.78 is 4.80. The molecule has 2 amide bonds. The minimum atomic E-state index is -0.519. The van der Waals surface area contributed by atoms with Crippen molar-refractivity contribution >= 4 is 12.0 Å². The molecule has 0 spiro atoms. The molecular formula is C9H15NO3. The number of nitrogens with zero attached hydrogens (tertiary/aromatic N) is 1. The number of amides is 2. The third kappa shape index (κ3) is 1.82. The van der Waals surface area contributed by atoms with Crippen LogP contribution in [0.4, 0.5) is 4.79 Å². The van der Waals surface area contributed by atoms with E-state index in [9.17, 15) is 9.59 Å². The summed E-state index contributed by atoms with van der Waals surface area (Å²) in [7, 11) is 0. The molecule has 0 N–H and O–H groups in total. The molecule has 74 valence electrons. The van der Waals surface area contributed by atoms with Crippen molar-refractivity contribution < 1.29 is 14.3 Å². The summed E-state index contributed by atoms with van der Waals surface area (Å²) in [6.45, 7) is 5.77. The van der Waals surface area contributed by atoms with Crippen LogP contribution in [0.25, 0.3) is 0 Å².